The van der Waals surface area contributed by atoms with E-state index in [1.165, 1.54) is 16.3 Å². The zero-order chi connectivity index (χ0) is 10.3. The average Bonchev–Trinajstić information content (AvgIpc) is 2.16. The molecule has 0 N–H and O–H groups in total. The lowest BCUT2D eigenvalue weighted by atomic mass is 10.1. The molecule has 0 atom stereocenters. The average molecular weight is 379 g/mol. The fourth-order valence-corrected chi connectivity index (χ4v) is 3.53. The van der Waals surface area contributed by atoms with Crippen molar-refractivity contribution in [2.45, 2.75) is 6.92 Å². The first-order valence-electron chi connectivity index (χ1n) is 4.14. The molecule has 0 amide bonds. The molecule has 0 aliphatic rings. The summed E-state index contributed by atoms with van der Waals surface area (Å²) in [5, 5.41) is 2.48. The number of hydrogen-bond acceptors (Lipinski definition) is 0. The number of fused-ring (bicyclic) bond motifs is 1. The van der Waals surface area contributed by atoms with Crippen LogP contribution in [0.3, 0.4) is 0 Å². The second-order valence-corrected chi connectivity index (χ2v) is 5.71. The summed E-state index contributed by atoms with van der Waals surface area (Å²) >= 11 is 10.7. The van der Waals surface area contributed by atoms with Gasteiger partial charge < -0.3 is 0 Å². The van der Waals surface area contributed by atoms with E-state index in [9.17, 15) is 0 Å². The standard InChI is InChI=1S/C11H7Br3/c1-6-2-3-8(13)11-9(14)5-4-7(12)10(6)11/h2-5H,1H3. The molecule has 0 aliphatic heterocycles. The van der Waals surface area contributed by atoms with Crippen LogP contribution in [0, 0.1) is 6.92 Å². The third kappa shape index (κ3) is 1.66. The highest BCUT2D eigenvalue weighted by atomic mass is 79.9. The molecule has 0 aliphatic carbocycles. The lowest BCUT2D eigenvalue weighted by Gasteiger charge is -2.08. The van der Waals surface area contributed by atoms with E-state index in [-0.39, 0.29) is 0 Å². The van der Waals surface area contributed by atoms with E-state index in [0.29, 0.717) is 0 Å². The summed E-state index contributed by atoms with van der Waals surface area (Å²) in [6, 6.07) is 8.31. The van der Waals surface area contributed by atoms with Crippen molar-refractivity contribution in [3.05, 3.63) is 43.2 Å². The summed E-state index contributed by atoms with van der Waals surface area (Å²) in [5.41, 5.74) is 1.27. The molecular formula is C11H7Br3. The van der Waals surface area contributed by atoms with Crippen LogP contribution in [0.1, 0.15) is 5.56 Å². The molecule has 0 nitrogen and oxygen atoms in total. The van der Waals surface area contributed by atoms with Gasteiger partial charge in [0.25, 0.3) is 0 Å². The molecule has 0 bridgehead atoms. The van der Waals surface area contributed by atoms with Gasteiger partial charge in [-0.3, -0.25) is 0 Å². The van der Waals surface area contributed by atoms with Crippen LogP contribution in [-0.2, 0) is 0 Å². The lowest BCUT2D eigenvalue weighted by Crippen LogP contribution is -1.83. The van der Waals surface area contributed by atoms with Crippen LogP contribution in [0.4, 0.5) is 0 Å². The maximum absolute atomic E-state index is 3.57. The molecule has 2 rings (SSSR count). The fraction of sp³-hybridized carbons (Fsp3) is 0.0909. The van der Waals surface area contributed by atoms with Gasteiger partial charge in [0.2, 0.25) is 0 Å². The molecule has 0 radical (unpaired) electrons. The molecule has 2 aromatic rings. The second kappa shape index (κ2) is 3.95. The molecule has 0 spiro atoms. The minimum Gasteiger partial charge on any atom is -0.0575 e. The molecular weight excluding hydrogens is 372 g/mol. The van der Waals surface area contributed by atoms with E-state index in [4.69, 9.17) is 0 Å². The third-order valence-corrected chi connectivity index (χ3v) is 4.20. The number of aryl methyl sites for hydroxylation is 1. The van der Waals surface area contributed by atoms with Gasteiger partial charge in [-0.15, -0.1) is 0 Å². The highest BCUT2D eigenvalue weighted by Crippen LogP contribution is 2.37. The van der Waals surface area contributed by atoms with Crippen LogP contribution in [0.5, 0.6) is 0 Å². The molecule has 0 aromatic heterocycles. The molecule has 3 heteroatoms. The Morgan fingerprint density at radius 3 is 1.64 bits per heavy atom. The summed E-state index contributed by atoms with van der Waals surface area (Å²) in [6.45, 7) is 2.12. The first-order chi connectivity index (χ1) is 6.61. The summed E-state index contributed by atoms with van der Waals surface area (Å²) in [4.78, 5) is 0. The van der Waals surface area contributed by atoms with Gasteiger partial charge in [0.05, 0.1) is 0 Å². The van der Waals surface area contributed by atoms with Crippen molar-refractivity contribution >= 4 is 58.6 Å². The van der Waals surface area contributed by atoms with Crippen molar-refractivity contribution in [1.29, 1.82) is 0 Å². The van der Waals surface area contributed by atoms with Gasteiger partial charge >= 0.3 is 0 Å². The van der Waals surface area contributed by atoms with E-state index < -0.39 is 0 Å². The Bertz CT molecular complexity index is 414. The van der Waals surface area contributed by atoms with Crippen molar-refractivity contribution in [2.24, 2.45) is 0 Å². The van der Waals surface area contributed by atoms with Crippen molar-refractivity contribution in [3.63, 3.8) is 0 Å². The first-order valence-corrected chi connectivity index (χ1v) is 6.52. The molecule has 0 saturated carbocycles. The number of hydrogen-bond donors (Lipinski definition) is 0. The maximum Gasteiger partial charge on any atom is 0.0265 e. The summed E-state index contributed by atoms with van der Waals surface area (Å²) < 4.78 is 3.37. The first kappa shape index (κ1) is 10.7. The molecule has 72 valence electrons. The van der Waals surface area contributed by atoms with Crippen LogP contribution < -0.4 is 0 Å². The Labute approximate surface area is 108 Å². The van der Waals surface area contributed by atoms with E-state index >= 15 is 0 Å². The Balaban J connectivity index is 3.05. The van der Waals surface area contributed by atoms with Gasteiger partial charge in [0.1, 0.15) is 0 Å². The van der Waals surface area contributed by atoms with Gasteiger partial charge in [-0.05, 0) is 30.7 Å². The van der Waals surface area contributed by atoms with Gasteiger partial charge in [0.15, 0.2) is 0 Å². The molecule has 2 aromatic carbocycles. The Morgan fingerprint density at radius 1 is 0.714 bits per heavy atom. The normalized spacial score (nSPS) is 10.9. The summed E-state index contributed by atoms with van der Waals surface area (Å²) in [6.07, 6.45) is 0. The largest absolute Gasteiger partial charge is 0.0575 e. The minimum absolute atomic E-state index is 1.12. The predicted molar refractivity (Wildman–Crippen MR) is 71.8 cm³/mol. The lowest BCUT2D eigenvalue weighted by molar-refractivity contribution is 1.50. The Morgan fingerprint density at radius 2 is 1.14 bits per heavy atom. The predicted octanol–water partition coefficient (Wildman–Crippen LogP) is 5.44. The van der Waals surface area contributed by atoms with Crippen molar-refractivity contribution in [3.8, 4) is 0 Å². The van der Waals surface area contributed by atoms with Gasteiger partial charge in [-0.1, -0.05) is 53.9 Å². The second-order valence-electron chi connectivity index (χ2n) is 3.14. The minimum atomic E-state index is 1.12. The zero-order valence-corrected chi connectivity index (χ0v) is 12.2. The number of benzene rings is 2. The van der Waals surface area contributed by atoms with Gasteiger partial charge in [0, 0.05) is 24.2 Å². The van der Waals surface area contributed by atoms with Crippen LogP contribution in [0.15, 0.2) is 37.7 Å². The van der Waals surface area contributed by atoms with E-state index in [2.05, 4.69) is 79.0 Å². The van der Waals surface area contributed by atoms with Crippen molar-refractivity contribution in [1.82, 2.24) is 0 Å². The highest BCUT2D eigenvalue weighted by molar-refractivity contribution is 9.11. The highest BCUT2D eigenvalue weighted by Gasteiger charge is 2.08. The zero-order valence-electron chi connectivity index (χ0n) is 7.44. The third-order valence-electron chi connectivity index (χ3n) is 2.22. The van der Waals surface area contributed by atoms with E-state index in [0.717, 1.165) is 13.4 Å². The molecule has 0 heterocycles. The molecule has 0 unspecified atom stereocenters. The SMILES string of the molecule is Cc1ccc(Br)c2c(Br)ccc(Br)c12. The molecule has 0 saturated heterocycles. The van der Waals surface area contributed by atoms with E-state index in [1.807, 2.05) is 0 Å². The van der Waals surface area contributed by atoms with Gasteiger partial charge in [-0.2, -0.15) is 0 Å². The summed E-state index contributed by atoms with van der Waals surface area (Å²) in [7, 11) is 0. The Kier molecular flexibility index (Phi) is 3.01. The number of rotatable bonds is 0. The quantitative estimate of drug-likeness (QED) is 0.573. The van der Waals surface area contributed by atoms with Crippen molar-refractivity contribution < 1.29 is 0 Å². The van der Waals surface area contributed by atoms with Crippen LogP contribution in [0.25, 0.3) is 10.8 Å². The monoisotopic (exact) mass is 376 g/mol. The van der Waals surface area contributed by atoms with Crippen LogP contribution in [0.2, 0.25) is 0 Å². The molecule has 14 heavy (non-hydrogen) atoms. The van der Waals surface area contributed by atoms with Crippen molar-refractivity contribution in [2.75, 3.05) is 0 Å². The van der Waals surface area contributed by atoms with Gasteiger partial charge in [-0.25, -0.2) is 0 Å². The summed E-state index contributed by atoms with van der Waals surface area (Å²) in [5.74, 6) is 0. The number of halogens is 3. The fourth-order valence-electron chi connectivity index (χ4n) is 1.54. The molecule has 0 fully saturated rings. The van der Waals surface area contributed by atoms with E-state index in [1.54, 1.807) is 0 Å². The van der Waals surface area contributed by atoms with Crippen LogP contribution >= 0.6 is 47.8 Å². The smallest absolute Gasteiger partial charge is 0.0265 e. The maximum atomic E-state index is 3.57. The Hall–Kier alpha value is 0.140. The van der Waals surface area contributed by atoms with Crippen LogP contribution in [-0.4, -0.2) is 0 Å². The topological polar surface area (TPSA) is 0 Å².